The number of aromatic hydroxyl groups is 1. The Morgan fingerprint density at radius 3 is 2.34 bits per heavy atom. The van der Waals surface area contributed by atoms with E-state index in [9.17, 15) is 9.90 Å². The van der Waals surface area contributed by atoms with Crippen LogP contribution in [-0.4, -0.2) is 82.6 Å². The maximum absolute atomic E-state index is 12.4. The van der Waals surface area contributed by atoms with Gasteiger partial charge in [0.05, 0.1) is 16.9 Å². The predicted molar refractivity (Wildman–Crippen MR) is 170 cm³/mol. The van der Waals surface area contributed by atoms with Crippen LogP contribution in [0.3, 0.4) is 0 Å². The van der Waals surface area contributed by atoms with E-state index in [1.165, 1.54) is 11.3 Å². The molecule has 3 aliphatic heterocycles. The molecule has 3 fully saturated rings. The standard InChI is InChI=1S/C34H37N7O3/c35-33-31(20-30(36-37-33)29-11-4-5-12-32(29)42)39-22-27-13-14-28(23-39)41(27)26-10-6-7-24(19-26)21-38-15-17-40(18-16-38)44-34(43)25-8-2-1-3-9-25/h1-12,19-20,27-28,42H,13-18,21-23H2,(H2,35,37)/t27-,28+. The Bertz CT molecular complexity index is 1610. The van der Waals surface area contributed by atoms with Crippen molar-refractivity contribution >= 4 is 23.2 Å². The molecular weight excluding hydrogens is 554 g/mol. The second kappa shape index (κ2) is 12.1. The highest BCUT2D eigenvalue weighted by Gasteiger charge is 2.40. The molecule has 226 valence electrons. The minimum atomic E-state index is -0.305. The van der Waals surface area contributed by atoms with Gasteiger partial charge in [0.25, 0.3) is 0 Å². The third kappa shape index (κ3) is 5.78. The molecule has 0 radical (unpaired) electrons. The Morgan fingerprint density at radius 1 is 0.864 bits per heavy atom. The largest absolute Gasteiger partial charge is 0.507 e. The van der Waals surface area contributed by atoms with Crippen molar-refractivity contribution in [3.63, 3.8) is 0 Å². The molecule has 0 amide bonds. The molecule has 7 rings (SSSR count). The van der Waals surface area contributed by atoms with E-state index in [4.69, 9.17) is 10.6 Å². The molecule has 0 saturated carbocycles. The van der Waals surface area contributed by atoms with Crippen molar-refractivity contribution in [2.75, 3.05) is 54.8 Å². The van der Waals surface area contributed by atoms with Gasteiger partial charge in [-0.1, -0.05) is 42.5 Å². The van der Waals surface area contributed by atoms with Gasteiger partial charge in [-0.05, 0) is 60.9 Å². The Labute approximate surface area is 257 Å². The van der Waals surface area contributed by atoms with E-state index in [2.05, 4.69) is 49.2 Å². The van der Waals surface area contributed by atoms with E-state index in [1.807, 2.05) is 36.4 Å². The molecule has 4 aromatic rings. The molecule has 0 aliphatic carbocycles. The summed E-state index contributed by atoms with van der Waals surface area (Å²) < 4.78 is 0. The monoisotopic (exact) mass is 591 g/mol. The van der Waals surface area contributed by atoms with Crippen LogP contribution in [0.15, 0.2) is 84.9 Å². The van der Waals surface area contributed by atoms with Crippen LogP contribution in [0.2, 0.25) is 0 Å². The number of carbonyl (C=O) groups excluding carboxylic acids is 1. The van der Waals surface area contributed by atoms with Gasteiger partial charge in [0.1, 0.15) is 5.75 Å². The van der Waals surface area contributed by atoms with Gasteiger partial charge in [-0.3, -0.25) is 4.90 Å². The van der Waals surface area contributed by atoms with Gasteiger partial charge in [-0.15, -0.1) is 15.3 Å². The van der Waals surface area contributed by atoms with Gasteiger partial charge in [0.15, 0.2) is 5.82 Å². The summed E-state index contributed by atoms with van der Waals surface area (Å²) in [5.74, 6) is 0.282. The molecule has 2 bridgehead atoms. The normalized spacial score (nSPS) is 20.5. The Kier molecular flexibility index (Phi) is 7.76. The number of hydroxylamine groups is 2. The maximum atomic E-state index is 12.4. The minimum absolute atomic E-state index is 0.177. The average molecular weight is 592 g/mol. The van der Waals surface area contributed by atoms with Crippen molar-refractivity contribution in [2.24, 2.45) is 0 Å². The summed E-state index contributed by atoms with van der Waals surface area (Å²) in [4.78, 5) is 25.4. The Morgan fingerprint density at radius 2 is 1.59 bits per heavy atom. The molecule has 3 saturated heterocycles. The first-order valence-electron chi connectivity index (χ1n) is 15.3. The number of piperazine rings is 2. The zero-order valence-electron chi connectivity index (χ0n) is 24.6. The van der Waals surface area contributed by atoms with Crippen LogP contribution >= 0.6 is 0 Å². The average Bonchev–Trinajstić information content (AvgIpc) is 3.32. The highest BCUT2D eigenvalue weighted by Crippen LogP contribution is 2.39. The number of rotatable bonds is 7. The molecular formula is C34H37N7O3. The van der Waals surface area contributed by atoms with Crippen LogP contribution < -0.4 is 15.5 Å². The molecule has 4 heterocycles. The smallest absolute Gasteiger partial charge is 0.357 e. The van der Waals surface area contributed by atoms with Gasteiger partial charge in [0.2, 0.25) is 0 Å². The first-order chi connectivity index (χ1) is 21.5. The van der Waals surface area contributed by atoms with Crippen LogP contribution in [0.25, 0.3) is 11.3 Å². The third-order valence-electron chi connectivity index (χ3n) is 8.97. The van der Waals surface area contributed by atoms with E-state index in [0.717, 1.165) is 51.3 Å². The Balaban J connectivity index is 0.986. The van der Waals surface area contributed by atoms with E-state index < -0.39 is 0 Å². The summed E-state index contributed by atoms with van der Waals surface area (Å²) in [5, 5.41) is 20.6. The molecule has 3 aromatic carbocycles. The SMILES string of the molecule is Nc1nnc(-c2ccccc2O)cc1N1C[C@H]2CC[C@@H](C1)N2c1cccc(CN2CCN(OC(=O)c3ccccc3)CC2)c1. The first kappa shape index (κ1) is 28.1. The number of nitrogens with two attached hydrogens (primary N) is 1. The Hall–Kier alpha value is -4.67. The number of hydrogen-bond donors (Lipinski definition) is 2. The molecule has 0 unspecified atom stereocenters. The quantitative estimate of drug-likeness (QED) is 0.325. The fourth-order valence-corrected chi connectivity index (χ4v) is 6.78. The highest BCUT2D eigenvalue weighted by atomic mass is 16.7. The van der Waals surface area contributed by atoms with Crippen LogP contribution in [0.1, 0.15) is 28.8 Å². The lowest BCUT2D eigenvalue weighted by molar-refractivity contribution is -0.130. The fourth-order valence-electron chi connectivity index (χ4n) is 6.78. The van der Waals surface area contributed by atoms with Gasteiger partial charge in [-0.25, -0.2) is 4.79 Å². The molecule has 3 aliphatic rings. The van der Waals surface area contributed by atoms with Crippen molar-refractivity contribution in [1.82, 2.24) is 20.2 Å². The fraction of sp³-hybridized carbons (Fsp3) is 0.324. The first-order valence-corrected chi connectivity index (χ1v) is 15.3. The number of nitrogens with zero attached hydrogens (tertiary/aromatic N) is 6. The topological polar surface area (TPSA) is 111 Å². The summed E-state index contributed by atoms with van der Waals surface area (Å²) in [5.41, 5.74) is 11.6. The van der Waals surface area contributed by atoms with Crippen molar-refractivity contribution in [3.8, 4) is 17.0 Å². The van der Waals surface area contributed by atoms with Crippen molar-refractivity contribution in [1.29, 1.82) is 0 Å². The number of aromatic nitrogens is 2. The van der Waals surface area contributed by atoms with Crippen molar-refractivity contribution in [2.45, 2.75) is 31.5 Å². The van der Waals surface area contributed by atoms with Crippen LogP contribution in [0.4, 0.5) is 17.2 Å². The number of fused-ring (bicyclic) bond motifs is 2. The van der Waals surface area contributed by atoms with Gasteiger partial charge in [-0.2, -0.15) is 0 Å². The minimum Gasteiger partial charge on any atom is -0.507 e. The van der Waals surface area contributed by atoms with Crippen molar-refractivity contribution < 1.29 is 14.7 Å². The van der Waals surface area contributed by atoms with E-state index in [1.54, 1.807) is 29.3 Å². The van der Waals surface area contributed by atoms with E-state index >= 15 is 0 Å². The highest BCUT2D eigenvalue weighted by molar-refractivity contribution is 5.89. The summed E-state index contributed by atoms with van der Waals surface area (Å²) in [7, 11) is 0. The zero-order valence-corrected chi connectivity index (χ0v) is 24.6. The number of anilines is 3. The molecule has 3 N–H and O–H groups in total. The van der Waals surface area contributed by atoms with Gasteiger partial charge in [0, 0.05) is 69.1 Å². The van der Waals surface area contributed by atoms with Crippen molar-refractivity contribution in [3.05, 3.63) is 96.1 Å². The third-order valence-corrected chi connectivity index (χ3v) is 8.97. The van der Waals surface area contributed by atoms with E-state index in [-0.39, 0.29) is 11.7 Å². The number of nitrogen functional groups attached to an aromatic ring is 1. The summed E-state index contributed by atoms with van der Waals surface area (Å²) in [6.45, 7) is 5.59. The summed E-state index contributed by atoms with van der Waals surface area (Å²) in [6, 6.07) is 27.9. The lowest BCUT2D eigenvalue weighted by atomic mass is 10.1. The predicted octanol–water partition coefficient (Wildman–Crippen LogP) is 4.18. The van der Waals surface area contributed by atoms with Gasteiger partial charge < -0.3 is 25.5 Å². The zero-order chi connectivity index (χ0) is 30.0. The molecule has 44 heavy (non-hydrogen) atoms. The van der Waals surface area contributed by atoms with Crippen LogP contribution in [0.5, 0.6) is 5.75 Å². The molecule has 2 atom stereocenters. The van der Waals surface area contributed by atoms with E-state index in [0.29, 0.717) is 47.8 Å². The lowest BCUT2D eigenvalue weighted by Crippen LogP contribution is -2.54. The lowest BCUT2D eigenvalue weighted by Gasteiger charge is -2.43. The summed E-state index contributed by atoms with van der Waals surface area (Å²) >= 11 is 0. The number of hydrogen-bond acceptors (Lipinski definition) is 10. The molecule has 10 nitrogen and oxygen atoms in total. The number of carbonyl (C=O) groups is 1. The molecule has 1 aromatic heterocycles. The number of para-hydroxylation sites is 1. The second-order valence-corrected chi connectivity index (χ2v) is 11.8. The number of phenolic OH excluding ortho intramolecular Hbond substituents is 1. The van der Waals surface area contributed by atoms with Gasteiger partial charge >= 0.3 is 5.97 Å². The number of benzene rings is 3. The number of phenols is 1. The second-order valence-electron chi connectivity index (χ2n) is 11.8. The molecule has 0 spiro atoms. The van der Waals surface area contributed by atoms with Crippen LogP contribution in [-0.2, 0) is 11.4 Å². The molecule has 10 heteroatoms. The maximum Gasteiger partial charge on any atom is 0.357 e. The van der Waals surface area contributed by atoms with Crippen LogP contribution in [0, 0.1) is 0 Å². The summed E-state index contributed by atoms with van der Waals surface area (Å²) in [6.07, 6.45) is 2.25.